The second kappa shape index (κ2) is 6.00. The highest BCUT2D eigenvalue weighted by molar-refractivity contribution is 5.81. The SMILES string of the molecule is CC(c1ccc(C=NN=C(N)N)cc1)N(C)C. The molecule has 0 aliphatic rings. The monoisotopic (exact) mass is 233 g/mol. The van der Waals surface area contributed by atoms with Gasteiger partial charge in [-0.05, 0) is 32.1 Å². The fraction of sp³-hybridized carbons (Fsp3) is 0.333. The lowest BCUT2D eigenvalue weighted by atomic mass is 10.1. The first-order valence-corrected chi connectivity index (χ1v) is 5.39. The van der Waals surface area contributed by atoms with Crippen molar-refractivity contribution in [2.45, 2.75) is 13.0 Å². The van der Waals surface area contributed by atoms with Gasteiger partial charge in [-0.1, -0.05) is 24.3 Å². The topological polar surface area (TPSA) is 80.0 Å². The quantitative estimate of drug-likeness (QED) is 0.461. The molecule has 0 heterocycles. The number of hydrogen-bond donors (Lipinski definition) is 2. The minimum absolute atomic E-state index is 0.0425. The molecule has 5 heteroatoms. The van der Waals surface area contributed by atoms with Gasteiger partial charge in [0.05, 0.1) is 6.21 Å². The fourth-order valence-electron chi connectivity index (χ4n) is 1.32. The van der Waals surface area contributed by atoms with Gasteiger partial charge >= 0.3 is 0 Å². The second-order valence-corrected chi connectivity index (χ2v) is 4.08. The molecule has 1 aromatic rings. The van der Waals surface area contributed by atoms with Crippen LogP contribution in [0.3, 0.4) is 0 Å². The van der Waals surface area contributed by atoms with E-state index < -0.39 is 0 Å². The van der Waals surface area contributed by atoms with E-state index >= 15 is 0 Å². The predicted molar refractivity (Wildman–Crippen MR) is 71.9 cm³/mol. The van der Waals surface area contributed by atoms with Crippen LogP contribution in [0, 0.1) is 0 Å². The van der Waals surface area contributed by atoms with Crippen LogP contribution in [0.25, 0.3) is 0 Å². The van der Waals surface area contributed by atoms with Crippen LogP contribution >= 0.6 is 0 Å². The molecular weight excluding hydrogens is 214 g/mol. The van der Waals surface area contributed by atoms with Gasteiger partial charge in [0.2, 0.25) is 5.96 Å². The Morgan fingerprint density at radius 1 is 1.24 bits per heavy atom. The van der Waals surface area contributed by atoms with Crippen LogP contribution in [0.1, 0.15) is 24.1 Å². The van der Waals surface area contributed by atoms with Gasteiger partial charge in [-0.2, -0.15) is 5.10 Å². The average molecular weight is 233 g/mol. The van der Waals surface area contributed by atoms with Gasteiger partial charge < -0.3 is 16.4 Å². The summed E-state index contributed by atoms with van der Waals surface area (Å²) in [7, 11) is 4.11. The molecule has 0 aliphatic carbocycles. The van der Waals surface area contributed by atoms with Crippen molar-refractivity contribution < 1.29 is 0 Å². The fourth-order valence-corrected chi connectivity index (χ4v) is 1.32. The molecule has 1 unspecified atom stereocenters. The van der Waals surface area contributed by atoms with E-state index in [4.69, 9.17) is 11.5 Å². The Kier molecular flexibility index (Phi) is 4.66. The van der Waals surface area contributed by atoms with E-state index in [9.17, 15) is 0 Å². The van der Waals surface area contributed by atoms with Crippen LogP contribution in [0.5, 0.6) is 0 Å². The van der Waals surface area contributed by atoms with E-state index in [1.165, 1.54) is 5.56 Å². The molecule has 0 fully saturated rings. The van der Waals surface area contributed by atoms with Gasteiger partial charge in [0.1, 0.15) is 0 Å². The molecule has 4 N–H and O–H groups in total. The summed E-state index contributed by atoms with van der Waals surface area (Å²) in [5.74, 6) is -0.0425. The number of guanidine groups is 1. The summed E-state index contributed by atoms with van der Waals surface area (Å²) in [5.41, 5.74) is 12.5. The first kappa shape index (κ1) is 13.2. The molecule has 1 rings (SSSR count). The molecule has 0 spiro atoms. The van der Waals surface area contributed by atoms with Gasteiger partial charge in [-0.25, -0.2) is 0 Å². The zero-order valence-electron chi connectivity index (χ0n) is 10.5. The lowest BCUT2D eigenvalue weighted by Gasteiger charge is -2.19. The van der Waals surface area contributed by atoms with E-state index in [0.29, 0.717) is 6.04 Å². The maximum absolute atomic E-state index is 5.16. The highest BCUT2D eigenvalue weighted by atomic mass is 15.3. The van der Waals surface area contributed by atoms with Crippen molar-refractivity contribution in [2.75, 3.05) is 14.1 Å². The van der Waals surface area contributed by atoms with E-state index in [2.05, 4.69) is 48.3 Å². The summed E-state index contributed by atoms with van der Waals surface area (Å²) in [5, 5.41) is 7.29. The van der Waals surface area contributed by atoms with Gasteiger partial charge in [0, 0.05) is 6.04 Å². The third-order valence-corrected chi connectivity index (χ3v) is 2.57. The molecule has 0 saturated carbocycles. The molecular formula is C12H19N5. The molecule has 5 nitrogen and oxygen atoms in total. The third-order valence-electron chi connectivity index (χ3n) is 2.57. The van der Waals surface area contributed by atoms with Crippen LogP contribution in [0.2, 0.25) is 0 Å². The zero-order chi connectivity index (χ0) is 12.8. The number of rotatable bonds is 4. The Balaban J connectivity index is 2.75. The minimum Gasteiger partial charge on any atom is -0.369 e. The molecule has 0 aromatic heterocycles. The summed E-state index contributed by atoms with van der Waals surface area (Å²) in [6.07, 6.45) is 1.61. The van der Waals surface area contributed by atoms with Crippen molar-refractivity contribution in [2.24, 2.45) is 21.7 Å². The third kappa shape index (κ3) is 4.24. The summed E-state index contributed by atoms with van der Waals surface area (Å²) in [6, 6.07) is 8.50. The molecule has 0 radical (unpaired) electrons. The summed E-state index contributed by atoms with van der Waals surface area (Å²) < 4.78 is 0. The normalized spacial score (nSPS) is 12.9. The Morgan fingerprint density at radius 3 is 2.29 bits per heavy atom. The van der Waals surface area contributed by atoms with Gasteiger partial charge in [0.15, 0.2) is 0 Å². The maximum Gasteiger partial charge on any atom is 0.211 e. The number of nitrogens with zero attached hydrogens (tertiary/aromatic N) is 3. The molecule has 92 valence electrons. The Bertz CT molecular complexity index is 401. The molecule has 0 bridgehead atoms. The molecule has 1 atom stereocenters. The highest BCUT2D eigenvalue weighted by Gasteiger charge is 2.06. The van der Waals surface area contributed by atoms with Crippen molar-refractivity contribution in [3.8, 4) is 0 Å². The lowest BCUT2D eigenvalue weighted by Crippen LogP contribution is -2.21. The molecule has 0 aliphatic heterocycles. The van der Waals surface area contributed by atoms with Crippen LogP contribution in [0.15, 0.2) is 34.5 Å². The van der Waals surface area contributed by atoms with Gasteiger partial charge in [-0.3, -0.25) is 0 Å². The van der Waals surface area contributed by atoms with Crippen molar-refractivity contribution in [1.29, 1.82) is 0 Å². The average Bonchev–Trinajstić information content (AvgIpc) is 2.28. The predicted octanol–water partition coefficient (Wildman–Crippen LogP) is 0.916. The number of benzene rings is 1. The van der Waals surface area contributed by atoms with Crippen molar-refractivity contribution in [3.63, 3.8) is 0 Å². The summed E-state index contributed by atoms with van der Waals surface area (Å²) in [6.45, 7) is 2.16. The van der Waals surface area contributed by atoms with E-state index in [1.54, 1.807) is 6.21 Å². The molecule has 0 amide bonds. The standard InChI is InChI=1S/C12H19N5/c1-9(17(2)3)11-6-4-10(5-7-11)8-15-16-12(13)14/h4-9H,1-3H3,(H4,13,14,16). The first-order chi connectivity index (χ1) is 8.00. The van der Waals surface area contributed by atoms with Gasteiger partial charge in [0.25, 0.3) is 0 Å². The zero-order valence-corrected chi connectivity index (χ0v) is 10.5. The summed E-state index contributed by atoms with van der Waals surface area (Å²) in [4.78, 5) is 2.16. The second-order valence-electron chi connectivity index (χ2n) is 4.08. The van der Waals surface area contributed by atoms with E-state index in [0.717, 1.165) is 5.56 Å². The Morgan fingerprint density at radius 2 is 1.82 bits per heavy atom. The highest BCUT2D eigenvalue weighted by Crippen LogP contribution is 2.17. The van der Waals surface area contributed by atoms with E-state index in [-0.39, 0.29) is 5.96 Å². The number of hydrogen-bond acceptors (Lipinski definition) is 3. The van der Waals surface area contributed by atoms with Crippen LogP contribution in [-0.2, 0) is 0 Å². The van der Waals surface area contributed by atoms with Crippen LogP contribution in [0.4, 0.5) is 0 Å². The van der Waals surface area contributed by atoms with Crippen LogP contribution in [-0.4, -0.2) is 31.2 Å². The van der Waals surface area contributed by atoms with E-state index in [1.807, 2.05) is 12.1 Å². The van der Waals surface area contributed by atoms with Gasteiger partial charge in [-0.15, -0.1) is 5.10 Å². The lowest BCUT2D eigenvalue weighted by molar-refractivity contribution is 0.321. The van der Waals surface area contributed by atoms with Crippen LogP contribution < -0.4 is 11.5 Å². The first-order valence-electron chi connectivity index (χ1n) is 5.39. The largest absolute Gasteiger partial charge is 0.369 e. The molecule has 1 aromatic carbocycles. The maximum atomic E-state index is 5.16. The number of nitrogens with two attached hydrogens (primary N) is 2. The Labute approximate surface area is 102 Å². The van der Waals surface area contributed by atoms with Crippen molar-refractivity contribution in [1.82, 2.24) is 4.90 Å². The minimum atomic E-state index is -0.0425. The Hall–Kier alpha value is -1.88. The van der Waals surface area contributed by atoms with Crippen molar-refractivity contribution in [3.05, 3.63) is 35.4 Å². The smallest absolute Gasteiger partial charge is 0.211 e. The molecule has 0 saturated heterocycles. The van der Waals surface area contributed by atoms with Crippen molar-refractivity contribution >= 4 is 12.2 Å². The summed E-state index contributed by atoms with van der Waals surface area (Å²) >= 11 is 0. The molecule has 17 heavy (non-hydrogen) atoms.